The molecule has 1 nitrogen and oxygen atoms in total. The van der Waals surface area contributed by atoms with E-state index < -0.39 is 8.80 Å². The van der Waals surface area contributed by atoms with E-state index in [-0.39, 0.29) is 0 Å². The Labute approximate surface area is 181 Å². The first-order valence-corrected chi connectivity index (χ1v) is 12.2. The second-order valence-electron chi connectivity index (χ2n) is 6.83. The van der Waals surface area contributed by atoms with E-state index in [4.69, 9.17) is 17.6 Å². The Morgan fingerprint density at radius 3 is 1.93 bits per heavy atom. The molecule has 0 amide bonds. The molecule has 5 aromatic rings. The van der Waals surface area contributed by atoms with Gasteiger partial charge >= 0.3 is 0 Å². The minimum Gasteiger partial charge on any atom is -0.236 e. The molecule has 4 aromatic carbocycles. The highest BCUT2D eigenvalue weighted by atomic mass is 32.1. The Balaban J connectivity index is 1.67. The number of thiol groups is 1. The Morgan fingerprint density at radius 1 is 0.655 bits per heavy atom. The molecule has 0 aliphatic rings. The summed E-state index contributed by atoms with van der Waals surface area (Å²) < 4.78 is 1.21. The van der Waals surface area contributed by atoms with Crippen molar-refractivity contribution in [2.24, 2.45) is 0 Å². The van der Waals surface area contributed by atoms with Crippen molar-refractivity contribution < 1.29 is 0 Å². The SMILES string of the molecule is Sc1ccc([Si](c2ccccc2)c2ccccc2)cc1-c1nc2ccccc2s1. The summed E-state index contributed by atoms with van der Waals surface area (Å²) in [7, 11) is -1.11. The van der Waals surface area contributed by atoms with Crippen molar-refractivity contribution in [2.45, 2.75) is 4.90 Å². The van der Waals surface area contributed by atoms with Crippen molar-refractivity contribution in [1.82, 2.24) is 4.98 Å². The zero-order valence-corrected chi connectivity index (χ0v) is 18.3. The highest BCUT2D eigenvalue weighted by Crippen LogP contribution is 2.33. The number of nitrogens with zero attached hydrogens (tertiary/aromatic N) is 1. The van der Waals surface area contributed by atoms with Crippen LogP contribution in [0.3, 0.4) is 0 Å². The third kappa shape index (κ3) is 3.67. The quantitative estimate of drug-likeness (QED) is 0.249. The Kier molecular flexibility index (Phi) is 5.06. The smallest absolute Gasteiger partial charge is 0.154 e. The van der Waals surface area contributed by atoms with Crippen LogP contribution in [-0.2, 0) is 0 Å². The minimum atomic E-state index is -1.11. The zero-order chi connectivity index (χ0) is 19.6. The van der Waals surface area contributed by atoms with E-state index in [1.807, 2.05) is 6.07 Å². The van der Waals surface area contributed by atoms with Crippen LogP contribution in [0.15, 0.2) is 108 Å². The maximum atomic E-state index is 4.87. The van der Waals surface area contributed by atoms with Crippen molar-refractivity contribution in [3.63, 3.8) is 0 Å². The number of hydrogen-bond donors (Lipinski definition) is 1. The average molecular weight is 425 g/mol. The lowest BCUT2D eigenvalue weighted by Crippen LogP contribution is -2.51. The molecule has 139 valence electrons. The molecule has 1 aromatic heterocycles. The summed E-state index contributed by atoms with van der Waals surface area (Å²) in [6, 6.07) is 36.6. The van der Waals surface area contributed by atoms with Crippen molar-refractivity contribution >= 4 is 58.5 Å². The predicted molar refractivity (Wildman–Crippen MR) is 130 cm³/mol. The van der Waals surface area contributed by atoms with Crippen LogP contribution in [0.2, 0.25) is 0 Å². The minimum absolute atomic E-state index is 0.968. The van der Waals surface area contributed by atoms with E-state index in [9.17, 15) is 0 Å². The van der Waals surface area contributed by atoms with Crippen LogP contribution in [0.25, 0.3) is 20.8 Å². The van der Waals surface area contributed by atoms with Gasteiger partial charge in [0.25, 0.3) is 0 Å². The second kappa shape index (κ2) is 7.99. The van der Waals surface area contributed by atoms with Gasteiger partial charge in [0.05, 0.1) is 10.2 Å². The molecule has 0 aliphatic carbocycles. The monoisotopic (exact) mass is 424 g/mol. The summed E-state index contributed by atoms with van der Waals surface area (Å²) >= 11 is 6.49. The van der Waals surface area contributed by atoms with E-state index in [0.717, 1.165) is 21.0 Å². The largest absolute Gasteiger partial charge is 0.236 e. The van der Waals surface area contributed by atoms with E-state index in [0.29, 0.717) is 0 Å². The summed E-state index contributed by atoms with van der Waals surface area (Å²) in [5.74, 6) is 0. The Morgan fingerprint density at radius 2 is 1.28 bits per heavy atom. The second-order valence-corrected chi connectivity index (χ2v) is 10.8. The molecule has 0 fully saturated rings. The van der Waals surface area contributed by atoms with Crippen molar-refractivity contribution in [2.75, 3.05) is 0 Å². The lowest BCUT2D eigenvalue weighted by atomic mass is 10.2. The Hall–Kier alpha value is -2.66. The fraction of sp³-hybridized carbons (Fsp3) is 0. The fourth-order valence-corrected chi connectivity index (χ4v) is 7.47. The van der Waals surface area contributed by atoms with Crippen molar-refractivity contribution in [3.05, 3.63) is 103 Å². The summed E-state index contributed by atoms with van der Waals surface area (Å²) in [6.45, 7) is 0. The van der Waals surface area contributed by atoms with Gasteiger partial charge in [-0.15, -0.1) is 24.0 Å². The normalized spacial score (nSPS) is 11.2. The van der Waals surface area contributed by atoms with E-state index in [2.05, 4.69) is 97.1 Å². The van der Waals surface area contributed by atoms with Crippen LogP contribution >= 0.6 is 24.0 Å². The number of thiazole rings is 1. The van der Waals surface area contributed by atoms with Crippen molar-refractivity contribution in [3.8, 4) is 10.6 Å². The lowest BCUT2D eigenvalue weighted by molar-refractivity contribution is 1.41. The summed E-state index contributed by atoms with van der Waals surface area (Å²) in [5.41, 5.74) is 2.16. The maximum absolute atomic E-state index is 4.87. The topological polar surface area (TPSA) is 12.9 Å². The molecular weight excluding hydrogens is 407 g/mol. The van der Waals surface area contributed by atoms with E-state index in [1.54, 1.807) is 11.3 Å². The number of hydrogen-bond acceptors (Lipinski definition) is 3. The number of rotatable bonds is 4. The molecule has 1 heterocycles. The predicted octanol–water partition coefficient (Wildman–Crippen LogP) is 4.77. The molecule has 0 spiro atoms. The molecule has 0 aliphatic heterocycles. The molecule has 0 atom stereocenters. The van der Waals surface area contributed by atoms with Gasteiger partial charge in [0.1, 0.15) is 5.01 Å². The molecule has 29 heavy (non-hydrogen) atoms. The fourth-order valence-electron chi connectivity index (χ4n) is 3.56. The van der Waals surface area contributed by atoms with Crippen molar-refractivity contribution in [1.29, 1.82) is 0 Å². The first-order chi connectivity index (χ1) is 14.3. The first kappa shape index (κ1) is 18.4. The summed E-state index contributed by atoms with van der Waals surface area (Å²) in [4.78, 5) is 5.84. The number of aromatic nitrogens is 1. The third-order valence-electron chi connectivity index (χ3n) is 4.93. The van der Waals surface area contributed by atoms with Crippen LogP contribution in [0, 0.1) is 0 Å². The van der Waals surface area contributed by atoms with Gasteiger partial charge in [-0.3, -0.25) is 0 Å². The number of fused-ring (bicyclic) bond motifs is 1. The average Bonchev–Trinajstić information content (AvgIpc) is 3.21. The highest BCUT2D eigenvalue weighted by Gasteiger charge is 2.21. The molecule has 0 bridgehead atoms. The summed E-state index contributed by atoms with van der Waals surface area (Å²) in [5, 5.41) is 5.14. The number of para-hydroxylation sites is 1. The van der Waals surface area contributed by atoms with Gasteiger partial charge in [-0.2, -0.15) is 0 Å². The van der Waals surface area contributed by atoms with Gasteiger partial charge in [-0.25, -0.2) is 4.98 Å². The standard InChI is InChI=1S/C25H18NS2Si/c27-23-16-15-20(17-21(23)25-26-22-13-7-8-14-24(22)28-25)29(18-9-3-1-4-10-18)19-11-5-2-6-12-19/h1-17,27H. The van der Waals surface area contributed by atoms with E-state index in [1.165, 1.54) is 20.3 Å². The van der Waals surface area contributed by atoms with Crippen LogP contribution < -0.4 is 15.6 Å². The molecule has 5 rings (SSSR count). The first-order valence-electron chi connectivity index (χ1n) is 9.47. The maximum Gasteiger partial charge on any atom is 0.154 e. The van der Waals surface area contributed by atoms with Crippen LogP contribution in [0.1, 0.15) is 0 Å². The third-order valence-corrected chi connectivity index (χ3v) is 9.10. The Bertz CT molecular complexity index is 1190. The molecule has 0 unspecified atom stereocenters. The van der Waals surface area contributed by atoms with Crippen LogP contribution in [0.5, 0.6) is 0 Å². The van der Waals surface area contributed by atoms with Gasteiger partial charge in [0.2, 0.25) is 0 Å². The highest BCUT2D eigenvalue weighted by molar-refractivity contribution is 7.80. The summed E-state index contributed by atoms with van der Waals surface area (Å²) in [6.07, 6.45) is 0. The molecule has 0 saturated carbocycles. The molecule has 0 saturated heterocycles. The zero-order valence-electron chi connectivity index (χ0n) is 15.6. The van der Waals surface area contributed by atoms with Gasteiger partial charge in [0, 0.05) is 10.5 Å². The molecule has 0 N–H and O–H groups in total. The molecule has 1 radical (unpaired) electrons. The van der Waals surface area contributed by atoms with Gasteiger partial charge in [0.15, 0.2) is 8.80 Å². The van der Waals surface area contributed by atoms with Gasteiger partial charge in [-0.05, 0) is 23.4 Å². The van der Waals surface area contributed by atoms with Gasteiger partial charge < -0.3 is 0 Å². The molecule has 4 heteroatoms. The van der Waals surface area contributed by atoms with Gasteiger partial charge in [-0.1, -0.05) is 95.3 Å². The number of benzene rings is 4. The lowest BCUT2D eigenvalue weighted by Gasteiger charge is -2.18. The van der Waals surface area contributed by atoms with Crippen LogP contribution in [-0.4, -0.2) is 13.8 Å². The van der Waals surface area contributed by atoms with Crippen LogP contribution in [0.4, 0.5) is 0 Å². The molecular formula is C25H18NS2Si. The van der Waals surface area contributed by atoms with E-state index >= 15 is 0 Å².